The molecule has 0 heterocycles. The fraction of sp³-hybridized carbons (Fsp3) is 0.714. The smallest absolute Gasteiger partial charge is 0.415 e. The number of carbonyl (C=O) groups excluding carboxylic acids is 2. The number of aliphatic hydroxyl groups excluding tert-OH is 1. The van der Waals surface area contributed by atoms with Gasteiger partial charge in [0.15, 0.2) is 8.03 Å². The van der Waals surface area contributed by atoms with Gasteiger partial charge in [-0.2, -0.15) is 0 Å². The van der Waals surface area contributed by atoms with E-state index in [4.69, 9.17) is 32.7 Å². The van der Waals surface area contributed by atoms with Gasteiger partial charge in [0.05, 0.1) is 22.0 Å². The van der Waals surface area contributed by atoms with Crippen LogP contribution in [0.5, 0.6) is 0 Å². The Labute approximate surface area is 242 Å². The van der Waals surface area contributed by atoms with Gasteiger partial charge in [0.25, 0.3) is 0 Å². The summed E-state index contributed by atoms with van der Waals surface area (Å²) in [5, 5.41) is 12.0. The summed E-state index contributed by atoms with van der Waals surface area (Å²) in [5.74, 6) is -0.0286. The summed E-state index contributed by atoms with van der Waals surface area (Å²) in [5.41, 5.74) is 0.665. The predicted molar refractivity (Wildman–Crippen MR) is 152 cm³/mol. The van der Waals surface area contributed by atoms with Crippen molar-refractivity contribution in [2.75, 3.05) is 6.16 Å². The number of rotatable bonds is 11. The van der Waals surface area contributed by atoms with E-state index < -0.39 is 32.7 Å². The van der Waals surface area contributed by atoms with E-state index in [9.17, 15) is 24.2 Å². The lowest BCUT2D eigenvalue weighted by Crippen LogP contribution is -2.44. The largest absolute Gasteiger partial charge is 0.425 e. The second-order valence-corrected chi connectivity index (χ2v) is 13.0. The third-order valence-electron chi connectivity index (χ3n) is 8.05. The molecule has 0 bridgehead atoms. The van der Waals surface area contributed by atoms with Gasteiger partial charge in [-0.3, -0.25) is 14.3 Å². The Balaban J connectivity index is 1.67. The monoisotopic (exact) mass is 605 g/mol. The van der Waals surface area contributed by atoms with E-state index >= 15 is 0 Å². The van der Waals surface area contributed by atoms with Crippen LogP contribution in [-0.2, 0) is 18.8 Å². The first-order chi connectivity index (χ1) is 18.5. The molecule has 1 aromatic rings. The van der Waals surface area contributed by atoms with Crippen molar-refractivity contribution in [2.45, 2.75) is 103 Å². The van der Waals surface area contributed by atoms with Gasteiger partial charge in [-0.05, 0) is 75.0 Å². The lowest BCUT2D eigenvalue weighted by Gasteiger charge is -2.35. The van der Waals surface area contributed by atoms with Gasteiger partial charge < -0.3 is 19.5 Å². The number of amides is 1. The lowest BCUT2D eigenvalue weighted by molar-refractivity contribution is -0.174. The Morgan fingerprint density at radius 3 is 2.38 bits per heavy atom. The number of carbonyl (C=O) groups is 2. The minimum atomic E-state index is -2.51. The third kappa shape index (κ3) is 9.93. The zero-order chi connectivity index (χ0) is 28.5. The molecule has 0 spiro atoms. The van der Waals surface area contributed by atoms with Crippen LogP contribution >= 0.6 is 31.2 Å². The molecule has 1 aromatic carbocycles. The van der Waals surface area contributed by atoms with Crippen LogP contribution in [0.1, 0.15) is 96.1 Å². The van der Waals surface area contributed by atoms with Crippen molar-refractivity contribution in [2.24, 2.45) is 17.8 Å². The zero-order valence-corrected chi connectivity index (χ0v) is 25.3. The van der Waals surface area contributed by atoms with Crippen molar-refractivity contribution >= 4 is 43.3 Å². The predicted octanol–water partition coefficient (Wildman–Crippen LogP) is 7.33. The number of hydrogen-bond donors (Lipinski definition) is 2. The average molecular weight is 607 g/mol. The SMILES string of the molecule is CC(OC(=O)C1CCCCC1)OC(=O)N(C(O)CCC1CCCC(C[PH](=O)O)C1)[C@@H](C)c1ccc(Cl)c(Cl)c1. The number of halogens is 2. The van der Waals surface area contributed by atoms with Crippen LogP contribution in [0.25, 0.3) is 0 Å². The molecule has 2 fully saturated rings. The summed E-state index contributed by atoms with van der Waals surface area (Å²) in [7, 11) is -2.51. The maximum absolute atomic E-state index is 13.4. The Kier molecular flexibility index (Phi) is 12.9. The zero-order valence-electron chi connectivity index (χ0n) is 22.8. The van der Waals surface area contributed by atoms with Crippen LogP contribution in [0.2, 0.25) is 10.0 Å². The molecule has 2 saturated carbocycles. The fourth-order valence-electron chi connectivity index (χ4n) is 5.92. The molecule has 0 radical (unpaired) electrons. The standard InChI is InChI=1S/C28H42Cl2NO7P/c1-18(23-12-13-24(29)25(30)16-23)31(26(32)14-11-20-7-6-8-21(15-20)17-39(35)36)28(34)38-19(2)37-27(33)22-9-4-3-5-10-22/h12-13,16,18-22,26,32,39H,3-11,14-15,17H2,1-2H3,(H,35,36)/t18-,19?,20?,21?,26?/m0/s1. The Bertz CT molecular complexity index is 991. The number of nitrogens with zero attached hydrogens (tertiary/aromatic N) is 1. The minimum Gasteiger partial charge on any atom is -0.425 e. The van der Waals surface area contributed by atoms with E-state index in [0.717, 1.165) is 57.8 Å². The molecular weight excluding hydrogens is 564 g/mol. The Morgan fingerprint density at radius 1 is 1.03 bits per heavy atom. The normalized spacial score (nSPS) is 23.3. The van der Waals surface area contributed by atoms with Crippen LogP contribution in [0.15, 0.2) is 18.2 Å². The van der Waals surface area contributed by atoms with Gasteiger partial charge >= 0.3 is 12.1 Å². The van der Waals surface area contributed by atoms with E-state index in [0.29, 0.717) is 40.5 Å². The van der Waals surface area contributed by atoms with Crippen molar-refractivity contribution in [3.63, 3.8) is 0 Å². The van der Waals surface area contributed by atoms with Gasteiger partial charge in [-0.15, -0.1) is 0 Å². The first-order valence-corrected chi connectivity index (χ1v) is 16.4. The van der Waals surface area contributed by atoms with Gasteiger partial charge in [-0.1, -0.05) is 61.4 Å². The first-order valence-electron chi connectivity index (χ1n) is 14.1. The molecule has 0 aliphatic heterocycles. The molecule has 8 nitrogen and oxygen atoms in total. The number of hydrogen-bond acceptors (Lipinski definition) is 6. The third-order valence-corrected chi connectivity index (χ3v) is 9.72. The van der Waals surface area contributed by atoms with E-state index in [2.05, 4.69) is 0 Å². The Hall–Kier alpha value is -1.31. The summed E-state index contributed by atoms with van der Waals surface area (Å²) in [4.78, 5) is 36.5. The maximum atomic E-state index is 13.4. The lowest BCUT2D eigenvalue weighted by atomic mass is 9.80. The average Bonchev–Trinajstić information content (AvgIpc) is 2.89. The highest BCUT2D eigenvalue weighted by Gasteiger charge is 2.33. The molecular formula is C28H42Cl2NO7P. The maximum Gasteiger partial charge on any atom is 0.415 e. The van der Waals surface area contributed by atoms with Crippen molar-refractivity contribution in [1.82, 2.24) is 4.90 Å². The van der Waals surface area contributed by atoms with E-state index in [1.165, 1.54) is 11.8 Å². The van der Waals surface area contributed by atoms with Crippen LogP contribution < -0.4 is 0 Å². The van der Waals surface area contributed by atoms with Crippen molar-refractivity contribution in [3.05, 3.63) is 33.8 Å². The van der Waals surface area contributed by atoms with Gasteiger partial charge in [-0.25, -0.2) is 4.79 Å². The molecule has 2 aliphatic carbocycles. The van der Waals surface area contributed by atoms with Crippen molar-refractivity contribution in [3.8, 4) is 0 Å². The number of esters is 1. The second-order valence-electron chi connectivity index (χ2n) is 11.0. The first kappa shape index (κ1) is 32.2. The van der Waals surface area contributed by atoms with Crippen molar-refractivity contribution in [1.29, 1.82) is 0 Å². The molecule has 39 heavy (non-hydrogen) atoms. The highest BCUT2D eigenvalue weighted by molar-refractivity contribution is 7.38. The van der Waals surface area contributed by atoms with Crippen LogP contribution in [0.3, 0.4) is 0 Å². The second kappa shape index (κ2) is 15.6. The van der Waals surface area contributed by atoms with E-state index in [1.807, 2.05) is 0 Å². The topological polar surface area (TPSA) is 113 Å². The molecule has 0 saturated heterocycles. The van der Waals surface area contributed by atoms with Crippen LogP contribution in [-0.4, -0.2) is 45.6 Å². The summed E-state index contributed by atoms with van der Waals surface area (Å²) in [6.45, 7) is 3.26. The number of aliphatic hydroxyl groups is 1. The molecule has 220 valence electrons. The summed E-state index contributed by atoms with van der Waals surface area (Å²) in [6, 6.07) is 4.41. The summed E-state index contributed by atoms with van der Waals surface area (Å²) in [6.07, 6.45) is 6.60. The molecule has 3 rings (SSSR count). The molecule has 11 heteroatoms. The van der Waals surface area contributed by atoms with E-state index in [1.54, 1.807) is 25.1 Å². The molecule has 6 atom stereocenters. The minimum absolute atomic E-state index is 0.180. The molecule has 5 unspecified atom stereocenters. The molecule has 1 amide bonds. The van der Waals surface area contributed by atoms with E-state index in [-0.39, 0.29) is 17.8 Å². The van der Waals surface area contributed by atoms with Gasteiger partial charge in [0, 0.05) is 13.1 Å². The summed E-state index contributed by atoms with van der Waals surface area (Å²) >= 11 is 12.3. The molecule has 0 aromatic heterocycles. The quantitative estimate of drug-likeness (QED) is 0.154. The van der Waals surface area contributed by atoms with Crippen molar-refractivity contribution < 1.29 is 33.6 Å². The number of ether oxygens (including phenoxy) is 2. The number of benzene rings is 1. The van der Waals surface area contributed by atoms with Crippen LogP contribution in [0.4, 0.5) is 4.79 Å². The van der Waals surface area contributed by atoms with Gasteiger partial charge in [0.1, 0.15) is 6.23 Å². The van der Waals surface area contributed by atoms with Crippen LogP contribution in [0, 0.1) is 17.8 Å². The highest BCUT2D eigenvalue weighted by atomic mass is 35.5. The highest BCUT2D eigenvalue weighted by Crippen LogP contribution is 2.37. The Morgan fingerprint density at radius 2 is 1.72 bits per heavy atom. The fourth-order valence-corrected chi connectivity index (χ4v) is 7.09. The van der Waals surface area contributed by atoms with Gasteiger partial charge in [0.2, 0.25) is 6.29 Å². The molecule has 2 aliphatic rings. The molecule has 2 N–H and O–H groups in total. The summed E-state index contributed by atoms with van der Waals surface area (Å²) < 4.78 is 22.3.